The molecule has 1 unspecified atom stereocenters. The second kappa shape index (κ2) is 6.19. The lowest BCUT2D eigenvalue weighted by molar-refractivity contribution is 0.219. The summed E-state index contributed by atoms with van der Waals surface area (Å²) < 4.78 is 26.4. The number of benzene rings is 1. The van der Waals surface area contributed by atoms with Crippen molar-refractivity contribution >= 4 is 16.1 Å². The van der Waals surface area contributed by atoms with Gasteiger partial charge in [-0.25, -0.2) is 17.4 Å². The fraction of sp³-hybridized carbons (Fsp3) is 0.0667. The van der Waals surface area contributed by atoms with Crippen molar-refractivity contribution in [2.24, 2.45) is 0 Å². The molecule has 0 aliphatic heterocycles. The molecule has 0 spiro atoms. The van der Waals surface area contributed by atoms with Gasteiger partial charge in [0.2, 0.25) is 0 Å². The number of hydrogen-bond donors (Lipinski definition) is 2. The van der Waals surface area contributed by atoms with Gasteiger partial charge in [0.15, 0.2) is 5.82 Å². The summed E-state index contributed by atoms with van der Waals surface area (Å²) in [6.45, 7) is 0. The standard InChI is InChI=1S/C15H14N4O3S/c20-14(15-16-11-17-18-15)9-8-12-5-4-10-19(12)23(21,22)13-6-2-1-3-7-13/h1-11,14,20H,(H,16,17,18). The predicted molar refractivity (Wildman–Crippen MR) is 83.8 cm³/mol. The van der Waals surface area contributed by atoms with Crippen molar-refractivity contribution in [2.75, 3.05) is 0 Å². The topological polar surface area (TPSA) is 101 Å². The van der Waals surface area contributed by atoms with Crippen molar-refractivity contribution in [1.82, 2.24) is 19.2 Å². The molecular weight excluding hydrogens is 316 g/mol. The number of aromatic amines is 1. The van der Waals surface area contributed by atoms with Crippen LogP contribution in [0.25, 0.3) is 6.08 Å². The first kappa shape index (κ1) is 15.2. The van der Waals surface area contributed by atoms with E-state index in [2.05, 4.69) is 15.2 Å². The Morgan fingerprint density at radius 1 is 1.17 bits per heavy atom. The minimum atomic E-state index is -3.68. The molecule has 0 aliphatic rings. The highest BCUT2D eigenvalue weighted by atomic mass is 32.2. The van der Waals surface area contributed by atoms with Gasteiger partial charge in [0.05, 0.1) is 10.6 Å². The van der Waals surface area contributed by atoms with Gasteiger partial charge in [-0.2, -0.15) is 5.10 Å². The molecule has 8 heteroatoms. The Hall–Kier alpha value is -2.71. The van der Waals surface area contributed by atoms with E-state index in [1.807, 2.05) is 0 Å². The number of H-pyrrole nitrogens is 1. The summed E-state index contributed by atoms with van der Waals surface area (Å²) in [5.41, 5.74) is 0.420. The third-order valence-electron chi connectivity index (χ3n) is 3.19. The Balaban J connectivity index is 1.91. The Kier molecular flexibility index (Phi) is 4.09. The van der Waals surface area contributed by atoms with E-state index in [0.717, 1.165) is 3.97 Å². The molecule has 0 bridgehead atoms. The summed E-state index contributed by atoms with van der Waals surface area (Å²) in [6, 6.07) is 11.4. The number of nitrogens with one attached hydrogen (secondary N) is 1. The Morgan fingerprint density at radius 3 is 2.65 bits per heavy atom. The van der Waals surface area contributed by atoms with Crippen LogP contribution in [0.3, 0.4) is 0 Å². The van der Waals surface area contributed by atoms with E-state index in [1.54, 1.807) is 30.3 Å². The van der Waals surface area contributed by atoms with Crippen molar-refractivity contribution in [1.29, 1.82) is 0 Å². The first-order chi connectivity index (χ1) is 11.1. The molecule has 2 heterocycles. The average molecular weight is 330 g/mol. The summed E-state index contributed by atoms with van der Waals surface area (Å²) in [5.74, 6) is 0.213. The normalized spacial score (nSPS) is 13.4. The molecule has 0 saturated heterocycles. The molecule has 0 fully saturated rings. The van der Waals surface area contributed by atoms with Gasteiger partial charge in [0, 0.05) is 6.20 Å². The quantitative estimate of drug-likeness (QED) is 0.740. The Morgan fingerprint density at radius 2 is 1.96 bits per heavy atom. The largest absolute Gasteiger partial charge is 0.381 e. The molecule has 3 rings (SSSR count). The maximum atomic E-state index is 12.6. The molecule has 1 atom stereocenters. The SMILES string of the molecule is O=S(=O)(c1ccccc1)n1cccc1C=CC(O)c1nc[nH]n1. The van der Waals surface area contributed by atoms with Crippen molar-refractivity contribution in [2.45, 2.75) is 11.0 Å². The lowest BCUT2D eigenvalue weighted by atomic mass is 10.3. The maximum absolute atomic E-state index is 12.6. The minimum Gasteiger partial charge on any atom is -0.381 e. The zero-order chi connectivity index (χ0) is 16.3. The monoisotopic (exact) mass is 330 g/mol. The zero-order valence-corrected chi connectivity index (χ0v) is 12.8. The fourth-order valence-corrected chi connectivity index (χ4v) is 3.43. The third kappa shape index (κ3) is 3.08. The van der Waals surface area contributed by atoms with Gasteiger partial charge in [-0.15, -0.1) is 0 Å². The lowest BCUT2D eigenvalue weighted by Crippen LogP contribution is -2.13. The van der Waals surface area contributed by atoms with Crippen LogP contribution in [-0.2, 0) is 10.0 Å². The highest BCUT2D eigenvalue weighted by Gasteiger charge is 2.18. The average Bonchev–Trinajstić information content (AvgIpc) is 3.25. The maximum Gasteiger partial charge on any atom is 0.268 e. The molecular formula is C15H14N4O3S. The van der Waals surface area contributed by atoms with Crippen LogP contribution in [0.5, 0.6) is 0 Å². The molecule has 2 N–H and O–H groups in total. The molecule has 0 aliphatic carbocycles. The van der Waals surface area contributed by atoms with Gasteiger partial charge < -0.3 is 5.11 Å². The molecule has 3 aromatic rings. The molecule has 0 saturated carbocycles. The highest BCUT2D eigenvalue weighted by molar-refractivity contribution is 7.90. The fourth-order valence-electron chi connectivity index (χ4n) is 2.07. The molecule has 0 radical (unpaired) electrons. The molecule has 1 aromatic carbocycles. The van der Waals surface area contributed by atoms with E-state index >= 15 is 0 Å². The van der Waals surface area contributed by atoms with Crippen molar-refractivity contribution in [3.05, 3.63) is 72.6 Å². The van der Waals surface area contributed by atoms with Crippen LogP contribution >= 0.6 is 0 Å². The van der Waals surface area contributed by atoms with Gasteiger partial charge in [0.1, 0.15) is 12.4 Å². The minimum absolute atomic E-state index is 0.195. The number of rotatable bonds is 5. The van der Waals surface area contributed by atoms with E-state index in [0.29, 0.717) is 5.69 Å². The zero-order valence-electron chi connectivity index (χ0n) is 11.9. The van der Waals surface area contributed by atoms with Crippen LogP contribution in [0, 0.1) is 0 Å². The molecule has 23 heavy (non-hydrogen) atoms. The summed E-state index contributed by atoms with van der Waals surface area (Å²) >= 11 is 0. The van der Waals surface area contributed by atoms with Gasteiger partial charge in [-0.3, -0.25) is 5.10 Å². The van der Waals surface area contributed by atoms with E-state index in [4.69, 9.17) is 0 Å². The van der Waals surface area contributed by atoms with E-state index in [1.165, 1.54) is 36.8 Å². The summed E-state index contributed by atoms with van der Waals surface area (Å²) in [5, 5.41) is 16.2. The molecule has 7 nitrogen and oxygen atoms in total. The molecule has 118 valence electrons. The smallest absolute Gasteiger partial charge is 0.268 e. The van der Waals surface area contributed by atoms with Crippen LogP contribution < -0.4 is 0 Å². The second-order valence-corrected chi connectivity index (χ2v) is 6.52. The van der Waals surface area contributed by atoms with E-state index < -0.39 is 16.1 Å². The number of hydrogen-bond acceptors (Lipinski definition) is 5. The molecule has 0 amide bonds. The van der Waals surface area contributed by atoms with Gasteiger partial charge in [-0.05, 0) is 36.4 Å². The van der Waals surface area contributed by atoms with Crippen LogP contribution in [0.2, 0.25) is 0 Å². The lowest BCUT2D eigenvalue weighted by Gasteiger charge is -2.08. The number of aliphatic hydroxyl groups excluding tert-OH is 1. The van der Waals surface area contributed by atoms with Crippen LogP contribution in [0.15, 0.2) is 66.0 Å². The van der Waals surface area contributed by atoms with Gasteiger partial charge >= 0.3 is 0 Å². The van der Waals surface area contributed by atoms with Crippen LogP contribution in [0.1, 0.15) is 17.6 Å². The summed E-state index contributed by atoms with van der Waals surface area (Å²) in [4.78, 5) is 4.04. The number of aromatic nitrogens is 4. The third-order valence-corrected chi connectivity index (χ3v) is 4.91. The van der Waals surface area contributed by atoms with Gasteiger partial charge in [-0.1, -0.05) is 18.2 Å². The van der Waals surface area contributed by atoms with Crippen LogP contribution in [0.4, 0.5) is 0 Å². The first-order valence-corrected chi connectivity index (χ1v) is 8.23. The summed E-state index contributed by atoms with van der Waals surface area (Å²) in [7, 11) is -3.68. The predicted octanol–water partition coefficient (Wildman–Crippen LogP) is 1.59. The van der Waals surface area contributed by atoms with Crippen molar-refractivity contribution in [3.63, 3.8) is 0 Å². The summed E-state index contributed by atoms with van der Waals surface area (Å²) in [6.07, 6.45) is 4.73. The second-order valence-electron chi connectivity index (χ2n) is 4.71. The van der Waals surface area contributed by atoms with E-state index in [-0.39, 0.29) is 10.7 Å². The van der Waals surface area contributed by atoms with Crippen LogP contribution in [-0.4, -0.2) is 32.7 Å². The first-order valence-electron chi connectivity index (χ1n) is 6.79. The number of nitrogens with zero attached hydrogens (tertiary/aromatic N) is 3. The Bertz CT molecular complexity index is 899. The van der Waals surface area contributed by atoms with Crippen molar-refractivity contribution in [3.8, 4) is 0 Å². The molecule has 2 aromatic heterocycles. The number of aliphatic hydroxyl groups is 1. The van der Waals surface area contributed by atoms with Crippen molar-refractivity contribution < 1.29 is 13.5 Å². The Labute approximate surface area is 133 Å². The van der Waals surface area contributed by atoms with Gasteiger partial charge in [0.25, 0.3) is 10.0 Å². The van der Waals surface area contributed by atoms with E-state index in [9.17, 15) is 13.5 Å². The highest BCUT2D eigenvalue weighted by Crippen LogP contribution is 2.18.